The highest BCUT2D eigenvalue weighted by molar-refractivity contribution is 5.66. The summed E-state index contributed by atoms with van der Waals surface area (Å²) in [6, 6.07) is 10.0. The number of ether oxygens (including phenoxy) is 1. The number of nitrogens with one attached hydrogen (secondary N) is 1. The quantitative estimate of drug-likeness (QED) is 0.652. The van der Waals surface area contributed by atoms with Gasteiger partial charge >= 0.3 is 0 Å². The topological polar surface area (TPSA) is 71.7 Å². The molecule has 23 heavy (non-hydrogen) atoms. The van der Waals surface area contributed by atoms with Crippen LogP contribution in [0.15, 0.2) is 42.6 Å². The van der Waals surface area contributed by atoms with Crippen LogP contribution in [0.2, 0.25) is 0 Å². The Hall–Kier alpha value is -2.51. The fourth-order valence-corrected chi connectivity index (χ4v) is 2.26. The molecule has 3 rings (SSSR count). The van der Waals surface area contributed by atoms with Gasteiger partial charge in [-0.2, -0.15) is 9.61 Å². The van der Waals surface area contributed by atoms with Gasteiger partial charge in [0.25, 0.3) is 0 Å². The second kappa shape index (κ2) is 7.17. The molecule has 0 aliphatic heterocycles. The molecule has 2 aromatic heterocycles. The van der Waals surface area contributed by atoms with E-state index in [9.17, 15) is 4.39 Å². The number of hydrogen-bond acceptors (Lipinski definition) is 5. The molecule has 7 heteroatoms. The SMILES string of the molecule is OCCOCCNc1cc(-c2ccccc2F)nc2ccnn12. The molecule has 0 radical (unpaired) electrons. The van der Waals surface area contributed by atoms with E-state index < -0.39 is 0 Å². The maximum atomic E-state index is 14.0. The van der Waals surface area contributed by atoms with Crippen LogP contribution < -0.4 is 5.32 Å². The predicted molar refractivity (Wildman–Crippen MR) is 84.8 cm³/mol. The summed E-state index contributed by atoms with van der Waals surface area (Å²) >= 11 is 0. The van der Waals surface area contributed by atoms with Crippen LogP contribution in [0.25, 0.3) is 16.9 Å². The van der Waals surface area contributed by atoms with Crippen molar-refractivity contribution in [3.05, 3.63) is 48.4 Å². The van der Waals surface area contributed by atoms with Crippen molar-refractivity contribution in [3.63, 3.8) is 0 Å². The van der Waals surface area contributed by atoms with Gasteiger partial charge in [0, 0.05) is 24.2 Å². The molecular formula is C16H17FN4O2. The normalized spacial score (nSPS) is 11.0. The van der Waals surface area contributed by atoms with Gasteiger partial charge < -0.3 is 15.2 Å². The molecule has 0 unspecified atom stereocenters. The summed E-state index contributed by atoms with van der Waals surface area (Å²) in [6.45, 7) is 1.28. The van der Waals surface area contributed by atoms with Crippen molar-refractivity contribution in [1.82, 2.24) is 14.6 Å². The third kappa shape index (κ3) is 3.46. The van der Waals surface area contributed by atoms with Crippen LogP contribution >= 0.6 is 0 Å². The summed E-state index contributed by atoms with van der Waals surface area (Å²) in [5, 5.41) is 16.1. The number of hydrogen-bond donors (Lipinski definition) is 2. The second-order valence-electron chi connectivity index (χ2n) is 4.87. The van der Waals surface area contributed by atoms with Gasteiger partial charge in [-0.3, -0.25) is 0 Å². The molecule has 0 amide bonds. The summed E-state index contributed by atoms with van der Waals surface area (Å²) < 4.78 is 20.9. The molecule has 0 saturated heterocycles. The lowest BCUT2D eigenvalue weighted by molar-refractivity contribution is 0.0991. The number of anilines is 1. The summed E-state index contributed by atoms with van der Waals surface area (Å²) in [7, 11) is 0. The first kappa shape index (κ1) is 15.4. The summed E-state index contributed by atoms with van der Waals surface area (Å²) in [5.41, 5.74) is 1.61. The molecule has 0 aliphatic rings. The monoisotopic (exact) mass is 316 g/mol. The Morgan fingerprint density at radius 1 is 1.22 bits per heavy atom. The van der Waals surface area contributed by atoms with E-state index in [4.69, 9.17) is 9.84 Å². The van der Waals surface area contributed by atoms with Gasteiger partial charge in [-0.15, -0.1) is 0 Å². The molecule has 2 heterocycles. The first-order chi connectivity index (χ1) is 11.3. The molecule has 0 fully saturated rings. The minimum absolute atomic E-state index is 0.00388. The lowest BCUT2D eigenvalue weighted by Gasteiger charge is -2.11. The number of nitrogens with zero attached hydrogens (tertiary/aromatic N) is 3. The highest BCUT2D eigenvalue weighted by Gasteiger charge is 2.10. The Labute approximate surface area is 132 Å². The summed E-state index contributed by atoms with van der Waals surface area (Å²) in [6.07, 6.45) is 1.64. The lowest BCUT2D eigenvalue weighted by atomic mass is 10.1. The number of aromatic nitrogens is 3. The number of halogens is 1. The molecule has 0 atom stereocenters. The molecule has 0 saturated carbocycles. The van der Waals surface area contributed by atoms with Crippen LogP contribution in [-0.4, -0.2) is 46.1 Å². The van der Waals surface area contributed by atoms with Crippen LogP contribution in [-0.2, 0) is 4.74 Å². The molecule has 0 bridgehead atoms. The molecule has 0 spiro atoms. The van der Waals surface area contributed by atoms with Crippen LogP contribution in [0.5, 0.6) is 0 Å². The first-order valence-corrected chi connectivity index (χ1v) is 7.32. The zero-order valence-electron chi connectivity index (χ0n) is 12.4. The summed E-state index contributed by atoms with van der Waals surface area (Å²) in [4.78, 5) is 4.44. The smallest absolute Gasteiger partial charge is 0.157 e. The van der Waals surface area contributed by atoms with Crippen molar-refractivity contribution in [3.8, 4) is 11.3 Å². The van der Waals surface area contributed by atoms with E-state index >= 15 is 0 Å². The summed E-state index contributed by atoms with van der Waals surface area (Å²) in [5.74, 6) is 0.381. The maximum absolute atomic E-state index is 14.0. The van der Waals surface area contributed by atoms with Crippen molar-refractivity contribution in [2.75, 3.05) is 31.7 Å². The molecule has 120 valence electrons. The zero-order valence-corrected chi connectivity index (χ0v) is 12.4. The fraction of sp³-hybridized carbons (Fsp3) is 0.250. The van der Waals surface area contributed by atoms with E-state index in [1.165, 1.54) is 6.07 Å². The van der Waals surface area contributed by atoms with Gasteiger partial charge in [0.1, 0.15) is 11.6 Å². The van der Waals surface area contributed by atoms with Crippen molar-refractivity contribution in [1.29, 1.82) is 0 Å². The van der Waals surface area contributed by atoms with Gasteiger partial charge in [0.05, 0.1) is 31.7 Å². The van der Waals surface area contributed by atoms with Crippen LogP contribution in [0.1, 0.15) is 0 Å². The zero-order chi connectivity index (χ0) is 16.1. The molecule has 1 aromatic carbocycles. The van der Waals surface area contributed by atoms with Gasteiger partial charge in [0.2, 0.25) is 0 Å². The van der Waals surface area contributed by atoms with E-state index in [1.807, 2.05) is 0 Å². The average molecular weight is 316 g/mol. The van der Waals surface area contributed by atoms with Gasteiger partial charge in [-0.1, -0.05) is 12.1 Å². The number of benzene rings is 1. The number of aliphatic hydroxyl groups excluding tert-OH is 1. The highest BCUT2D eigenvalue weighted by atomic mass is 19.1. The Morgan fingerprint density at radius 2 is 2.09 bits per heavy atom. The number of aliphatic hydroxyl groups is 1. The van der Waals surface area contributed by atoms with Crippen LogP contribution in [0, 0.1) is 5.82 Å². The molecule has 0 aliphatic carbocycles. The van der Waals surface area contributed by atoms with Gasteiger partial charge in [0.15, 0.2) is 5.65 Å². The van der Waals surface area contributed by atoms with Crippen LogP contribution in [0.4, 0.5) is 10.2 Å². The standard InChI is InChI=1S/C16H17FN4O2/c17-13-4-2-1-3-12(13)14-11-16(18-7-9-23-10-8-22)21-15(20-14)5-6-19-21/h1-6,11,18,22H,7-10H2. The average Bonchev–Trinajstić information content (AvgIpc) is 3.03. The van der Waals surface area contributed by atoms with Gasteiger partial charge in [-0.05, 0) is 12.1 Å². The van der Waals surface area contributed by atoms with Crippen molar-refractivity contribution < 1.29 is 14.2 Å². The minimum Gasteiger partial charge on any atom is -0.394 e. The molecular weight excluding hydrogens is 299 g/mol. The third-order valence-electron chi connectivity index (χ3n) is 3.30. The second-order valence-corrected chi connectivity index (χ2v) is 4.87. The molecule has 2 N–H and O–H groups in total. The largest absolute Gasteiger partial charge is 0.394 e. The third-order valence-corrected chi connectivity index (χ3v) is 3.30. The van der Waals surface area contributed by atoms with Crippen molar-refractivity contribution >= 4 is 11.5 Å². The Bertz CT molecular complexity index is 791. The highest BCUT2D eigenvalue weighted by Crippen LogP contribution is 2.24. The first-order valence-electron chi connectivity index (χ1n) is 7.32. The van der Waals surface area contributed by atoms with E-state index in [0.717, 1.165) is 0 Å². The van der Waals surface area contributed by atoms with Crippen molar-refractivity contribution in [2.45, 2.75) is 0 Å². The maximum Gasteiger partial charge on any atom is 0.157 e. The molecule has 3 aromatic rings. The van der Waals surface area contributed by atoms with Gasteiger partial charge in [-0.25, -0.2) is 9.37 Å². The van der Waals surface area contributed by atoms with Crippen LogP contribution in [0.3, 0.4) is 0 Å². The van der Waals surface area contributed by atoms with E-state index in [2.05, 4.69) is 15.4 Å². The number of fused-ring (bicyclic) bond motifs is 1. The van der Waals surface area contributed by atoms with E-state index in [1.54, 1.807) is 41.0 Å². The van der Waals surface area contributed by atoms with Crippen molar-refractivity contribution in [2.24, 2.45) is 0 Å². The minimum atomic E-state index is -0.318. The lowest BCUT2D eigenvalue weighted by Crippen LogP contribution is -2.14. The Balaban J connectivity index is 1.88. The Kier molecular flexibility index (Phi) is 4.80. The molecule has 6 nitrogen and oxygen atoms in total. The fourth-order valence-electron chi connectivity index (χ4n) is 2.26. The predicted octanol–water partition coefficient (Wildman–Crippen LogP) is 1.96. The van der Waals surface area contributed by atoms with E-state index in [0.29, 0.717) is 42.5 Å². The Morgan fingerprint density at radius 3 is 2.91 bits per heavy atom. The number of rotatable bonds is 7. The van der Waals surface area contributed by atoms with E-state index in [-0.39, 0.29) is 12.4 Å².